The van der Waals surface area contributed by atoms with E-state index in [2.05, 4.69) is 16.8 Å². The lowest BCUT2D eigenvalue weighted by Gasteiger charge is -2.09. The lowest BCUT2D eigenvalue weighted by atomic mass is 10.2. The zero-order valence-corrected chi connectivity index (χ0v) is 12.4. The molecule has 3 rings (SSSR count). The Balaban J connectivity index is 1.75. The Morgan fingerprint density at radius 2 is 1.68 bits per heavy atom. The highest BCUT2D eigenvalue weighted by Crippen LogP contribution is 2.22. The fourth-order valence-corrected chi connectivity index (χ4v) is 2.87. The molecule has 2 N–H and O–H groups in total. The standard InChI is InChI=1S/C16H14N2O3S/c1-12(16-11-13-7-5-6-10-15(13)21-16)17-18-22(19,20)14-8-3-2-4-9-14/h2-11,17-18H,1H2. The molecule has 5 nitrogen and oxygen atoms in total. The van der Waals surface area contributed by atoms with Crippen LogP contribution in [0.25, 0.3) is 16.7 Å². The minimum absolute atomic E-state index is 0.167. The zero-order chi connectivity index (χ0) is 15.6. The second kappa shape index (κ2) is 5.67. The average Bonchev–Trinajstić information content (AvgIpc) is 2.98. The molecule has 0 unspecified atom stereocenters. The van der Waals surface area contributed by atoms with Crippen LogP contribution >= 0.6 is 0 Å². The van der Waals surface area contributed by atoms with E-state index in [0.29, 0.717) is 17.0 Å². The molecular weight excluding hydrogens is 300 g/mol. The lowest BCUT2D eigenvalue weighted by molar-refractivity contribution is 0.568. The Hall–Kier alpha value is -2.57. The van der Waals surface area contributed by atoms with Crippen LogP contribution < -0.4 is 10.3 Å². The van der Waals surface area contributed by atoms with E-state index in [9.17, 15) is 8.42 Å². The summed E-state index contributed by atoms with van der Waals surface area (Å²) in [6, 6.07) is 17.4. The Kier molecular flexibility index (Phi) is 3.70. The molecule has 0 saturated carbocycles. The van der Waals surface area contributed by atoms with Gasteiger partial charge in [0.2, 0.25) is 0 Å². The first-order valence-corrected chi connectivity index (χ1v) is 8.05. The Bertz CT molecular complexity index is 882. The first kappa shape index (κ1) is 14.4. The third-order valence-electron chi connectivity index (χ3n) is 3.11. The summed E-state index contributed by atoms with van der Waals surface area (Å²) in [4.78, 5) is 2.45. The van der Waals surface area contributed by atoms with Crippen molar-refractivity contribution < 1.29 is 12.8 Å². The fourth-order valence-electron chi connectivity index (χ4n) is 1.98. The molecule has 6 heteroatoms. The predicted molar refractivity (Wildman–Crippen MR) is 85.1 cm³/mol. The van der Waals surface area contributed by atoms with Crippen molar-refractivity contribution in [3.8, 4) is 0 Å². The number of hydrogen-bond donors (Lipinski definition) is 2. The van der Waals surface area contributed by atoms with Gasteiger partial charge in [-0.15, -0.1) is 4.83 Å². The van der Waals surface area contributed by atoms with E-state index >= 15 is 0 Å². The third-order valence-corrected chi connectivity index (χ3v) is 4.38. The van der Waals surface area contributed by atoms with Crippen LogP contribution in [0.4, 0.5) is 0 Å². The van der Waals surface area contributed by atoms with Gasteiger partial charge in [-0.1, -0.05) is 43.0 Å². The van der Waals surface area contributed by atoms with E-state index in [4.69, 9.17) is 4.42 Å². The van der Waals surface area contributed by atoms with E-state index in [0.717, 1.165) is 5.39 Å². The first-order valence-electron chi connectivity index (χ1n) is 6.57. The summed E-state index contributed by atoms with van der Waals surface area (Å²) in [5.74, 6) is 0.469. The van der Waals surface area contributed by atoms with Crippen molar-refractivity contribution in [3.63, 3.8) is 0 Å². The molecule has 0 atom stereocenters. The minimum Gasteiger partial charge on any atom is -0.455 e. The number of sulfonamides is 1. The van der Waals surface area contributed by atoms with Gasteiger partial charge in [-0.25, -0.2) is 8.42 Å². The van der Waals surface area contributed by atoms with Crippen molar-refractivity contribution in [2.24, 2.45) is 0 Å². The topological polar surface area (TPSA) is 71.3 Å². The quantitative estimate of drug-likeness (QED) is 0.710. The van der Waals surface area contributed by atoms with E-state index in [1.165, 1.54) is 12.1 Å². The van der Waals surface area contributed by atoms with Gasteiger partial charge in [0, 0.05) is 5.39 Å². The van der Waals surface area contributed by atoms with Crippen LogP contribution in [0.15, 0.2) is 76.6 Å². The fraction of sp³-hybridized carbons (Fsp3) is 0. The second-order valence-corrected chi connectivity index (χ2v) is 6.35. The van der Waals surface area contributed by atoms with Crippen molar-refractivity contribution in [1.82, 2.24) is 10.3 Å². The van der Waals surface area contributed by atoms with Gasteiger partial charge in [0.25, 0.3) is 10.0 Å². The van der Waals surface area contributed by atoms with E-state index < -0.39 is 10.0 Å². The molecular formula is C16H14N2O3S. The number of hydrogen-bond acceptors (Lipinski definition) is 4. The van der Waals surface area contributed by atoms with Gasteiger partial charge in [-0.05, 0) is 24.3 Å². The number of nitrogens with one attached hydrogen (secondary N) is 2. The number of para-hydroxylation sites is 1. The maximum Gasteiger partial charge on any atom is 0.257 e. The van der Waals surface area contributed by atoms with Gasteiger partial charge >= 0.3 is 0 Å². The summed E-state index contributed by atoms with van der Waals surface area (Å²) in [7, 11) is -3.66. The normalized spacial score (nSPS) is 11.5. The van der Waals surface area contributed by atoms with Gasteiger partial charge < -0.3 is 9.84 Å². The molecule has 0 spiro atoms. The molecule has 0 aliphatic rings. The van der Waals surface area contributed by atoms with Crippen molar-refractivity contribution in [1.29, 1.82) is 0 Å². The summed E-state index contributed by atoms with van der Waals surface area (Å²) in [5.41, 5.74) is 3.62. The van der Waals surface area contributed by atoms with E-state index in [-0.39, 0.29) is 4.90 Å². The second-order valence-electron chi connectivity index (χ2n) is 4.67. The van der Waals surface area contributed by atoms with E-state index in [1.807, 2.05) is 24.3 Å². The molecule has 0 fully saturated rings. The van der Waals surface area contributed by atoms with Crippen LogP contribution in [-0.2, 0) is 10.0 Å². The van der Waals surface area contributed by atoms with Crippen LogP contribution in [0.5, 0.6) is 0 Å². The Labute approximate surface area is 128 Å². The van der Waals surface area contributed by atoms with Crippen LogP contribution in [0, 0.1) is 0 Å². The lowest BCUT2D eigenvalue weighted by Crippen LogP contribution is -2.35. The number of hydrazine groups is 1. The van der Waals surface area contributed by atoms with Gasteiger partial charge in [0.1, 0.15) is 5.58 Å². The summed E-state index contributed by atoms with van der Waals surface area (Å²) in [6.45, 7) is 3.79. The summed E-state index contributed by atoms with van der Waals surface area (Å²) < 4.78 is 29.8. The van der Waals surface area contributed by atoms with Crippen molar-refractivity contribution in [3.05, 3.63) is 73.0 Å². The van der Waals surface area contributed by atoms with Crippen LogP contribution in [0.3, 0.4) is 0 Å². The molecule has 3 aromatic rings. The van der Waals surface area contributed by atoms with Gasteiger partial charge in [0.05, 0.1) is 10.6 Å². The predicted octanol–water partition coefficient (Wildman–Crippen LogP) is 2.89. The highest BCUT2D eigenvalue weighted by molar-refractivity contribution is 7.89. The molecule has 112 valence electrons. The molecule has 1 heterocycles. The molecule has 0 radical (unpaired) electrons. The molecule has 0 aliphatic heterocycles. The largest absolute Gasteiger partial charge is 0.455 e. The Morgan fingerprint density at radius 3 is 2.41 bits per heavy atom. The number of rotatable bonds is 5. The monoisotopic (exact) mass is 314 g/mol. The highest BCUT2D eigenvalue weighted by Gasteiger charge is 2.14. The van der Waals surface area contributed by atoms with E-state index in [1.54, 1.807) is 24.3 Å². The summed E-state index contributed by atoms with van der Waals surface area (Å²) in [5, 5.41) is 0.923. The first-order chi connectivity index (χ1) is 10.6. The van der Waals surface area contributed by atoms with Crippen molar-refractivity contribution in [2.45, 2.75) is 4.90 Å². The molecule has 0 aliphatic carbocycles. The molecule has 0 amide bonds. The minimum atomic E-state index is -3.66. The third kappa shape index (κ3) is 2.88. The molecule has 1 aromatic heterocycles. The summed E-state index contributed by atoms with van der Waals surface area (Å²) in [6.07, 6.45) is 0. The van der Waals surface area contributed by atoms with Gasteiger partial charge in [-0.3, -0.25) is 0 Å². The SMILES string of the molecule is C=C(NNS(=O)(=O)c1ccccc1)c1cc2ccccc2o1. The Morgan fingerprint density at radius 1 is 1.00 bits per heavy atom. The van der Waals surface area contributed by atoms with Crippen LogP contribution in [0.2, 0.25) is 0 Å². The molecule has 2 aromatic carbocycles. The van der Waals surface area contributed by atoms with Gasteiger partial charge in [0.15, 0.2) is 5.76 Å². The number of benzene rings is 2. The smallest absolute Gasteiger partial charge is 0.257 e. The maximum absolute atomic E-state index is 12.1. The molecule has 0 saturated heterocycles. The van der Waals surface area contributed by atoms with Crippen molar-refractivity contribution >= 4 is 26.7 Å². The number of furan rings is 1. The summed E-state index contributed by atoms with van der Waals surface area (Å²) >= 11 is 0. The van der Waals surface area contributed by atoms with Crippen LogP contribution in [-0.4, -0.2) is 8.42 Å². The van der Waals surface area contributed by atoms with Crippen molar-refractivity contribution in [2.75, 3.05) is 0 Å². The average molecular weight is 314 g/mol. The maximum atomic E-state index is 12.1. The van der Waals surface area contributed by atoms with Crippen LogP contribution in [0.1, 0.15) is 5.76 Å². The molecule has 22 heavy (non-hydrogen) atoms. The highest BCUT2D eigenvalue weighted by atomic mass is 32.2. The zero-order valence-electron chi connectivity index (χ0n) is 11.6. The van der Waals surface area contributed by atoms with Gasteiger partial charge in [-0.2, -0.15) is 0 Å². The number of fused-ring (bicyclic) bond motifs is 1. The molecule has 0 bridgehead atoms.